The van der Waals surface area contributed by atoms with Gasteiger partial charge in [0.15, 0.2) is 0 Å². The Morgan fingerprint density at radius 2 is 1.50 bits per heavy atom. The van der Waals surface area contributed by atoms with Gasteiger partial charge in [-0.25, -0.2) is 8.42 Å². The van der Waals surface area contributed by atoms with Gasteiger partial charge in [0.1, 0.15) is 12.6 Å². The molecule has 4 rings (SSSR count). The molecule has 1 aliphatic carbocycles. The first-order valence-electron chi connectivity index (χ1n) is 13.9. The number of hydrogen-bond donors (Lipinski definition) is 1. The van der Waals surface area contributed by atoms with Gasteiger partial charge in [-0.15, -0.1) is 0 Å². The van der Waals surface area contributed by atoms with Crippen LogP contribution in [0.25, 0.3) is 0 Å². The Bertz CT molecular complexity index is 1370. The van der Waals surface area contributed by atoms with Crippen molar-refractivity contribution >= 4 is 27.5 Å². The molecular weight excluding hydrogens is 522 g/mol. The third-order valence-electron chi connectivity index (χ3n) is 7.39. The number of rotatable bonds is 11. The SMILES string of the molecule is Cc1cccc(N(CC(=O)N(Cc2ccccc2)C(Cc2ccccc2)C(=O)NC2CCCCC2)S(C)(=O)=O)c1. The summed E-state index contributed by atoms with van der Waals surface area (Å²) >= 11 is 0. The Morgan fingerprint density at radius 1 is 0.875 bits per heavy atom. The fourth-order valence-corrected chi connectivity index (χ4v) is 6.12. The molecule has 1 unspecified atom stereocenters. The summed E-state index contributed by atoms with van der Waals surface area (Å²) in [5.41, 5.74) is 3.09. The Morgan fingerprint density at radius 3 is 2.10 bits per heavy atom. The molecule has 1 atom stereocenters. The van der Waals surface area contributed by atoms with Gasteiger partial charge >= 0.3 is 0 Å². The van der Waals surface area contributed by atoms with Crippen molar-refractivity contribution in [2.45, 2.75) is 64.1 Å². The van der Waals surface area contributed by atoms with E-state index in [-0.39, 0.29) is 18.5 Å². The van der Waals surface area contributed by atoms with E-state index in [4.69, 9.17) is 0 Å². The van der Waals surface area contributed by atoms with Gasteiger partial charge in [-0.1, -0.05) is 92.1 Å². The zero-order valence-corrected chi connectivity index (χ0v) is 24.1. The number of nitrogens with zero attached hydrogens (tertiary/aromatic N) is 2. The number of aryl methyl sites for hydroxylation is 1. The molecule has 8 heteroatoms. The van der Waals surface area contributed by atoms with Crippen LogP contribution in [-0.2, 0) is 32.6 Å². The van der Waals surface area contributed by atoms with Crippen LogP contribution >= 0.6 is 0 Å². The Balaban J connectivity index is 1.70. The lowest BCUT2D eigenvalue weighted by molar-refractivity contribution is -0.140. The fourth-order valence-electron chi connectivity index (χ4n) is 5.28. The number of carbonyl (C=O) groups excluding carboxylic acids is 2. The van der Waals surface area contributed by atoms with Crippen molar-refractivity contribution in [1.82, 2.24) is 10.2 Å². The van der Waals surface area contributed by atoms with E-state index < -0.39 is 28.5 Å². The molecule has 0 saturated heterocycles. The number of anilines is 1. The molecule has 0 aromatic heterocycles. The van der Waals surface area contributed by atoms with Crippen LogP contribution in [-0.4, -0.2) is 50.0 Å². The average Bonchev–Trinajstić information content (AvgIpc) is 2.94. The Kier molecular flexibility index (Phi) is 9.98. The van der Waals surface area contributed by atoms with E-state index in [1.54, 1.807) is 23.1 Å². The van der Waals surface area contributed by atoms with Crippen molar-refractivity contribution in [1.29, 1.82) is 0 Å². The van der Waals surface area contributed by atoms with Crippen LogP contribution in [0, 0.1) is 6.92 Å². The first kappa shape index (κ1) is 29.3. The normalized spacial score (nSPS) is 14.8. The van der Waals surface area contributed by atoms with E-state index in [0.717, 1.165) is 52.9 Å². The van der Waals surface area contributed by atoms with Crippen molar-refractivity contribution in [3.63, 3.8) is 0 Å². The molecule has 2 amide bonds. The van der Waals surface area contributed by atoms with Crippen molar-refractivity contribution in [2.24, 2.45) is 0 Å². The second-order valence-electron chi connectivity index (χ2n) is 10.7. The summed E-state index contributed by atoms with van der Waals surface area (Å²) in [6, 6.07) is 25.5. The van der Waals surface area contributed by atoms with Gasteiger partial charge in [-0.2, -0.15) is 0 Å². The average molecular weight is 562 g/mol. The zero-order valence-electron chi connectivity index (χ0n) is 23.3. The smallest absolute Gasteiger partial charge is 0.244 e. The summed E-state index contributed by atoms with van der Waals surface area (Å²) < 4.78 is 26.9. The molecule has 7 nitrogen and oxygen atoms in total. The quantitative estimate of drug-likeness (QED) is 0.363. The van der Waals surface area contributed by atoms with Crippen molar-refractivity contribution in [2.75, 3.05) is 17.1 Å². The molecular formula is C32H39N3O4S. The molecule has 3 aromatic rings. The predicted octanol–water partition coefficient (Wildman–Crippen LogP) is 4.85. The molecule has 1 fully saturated rings. The number of amides is 2. The first-order valence-corrected chi connectivity index (χ1v) is 15.8. The second kappa shape index (κ2) is 13.6. The highest BCUT2D eigenvalue weighted by Crippen LogP contribution is 2.22. The number of sulfonamides is 1. The summed E-state index contributed by atoms with van der Waals surface area (Å²) in [4.78, 5) is 29.6. The van der Waals surface area contributed by atoms with Crippen molar-refractivity contribution in [3.8, 4) is 0 Å². The van der Waals surface area contributed by atoms with Crippen LogP contribution in [0.4, 0.5) is 5.69 Å². The summed E-state index contributed by atoms with van der Waals surface area (Å²) in [5, 5.41) is 3.22. The molecule has 0 spiro atoms. The summed E-state index contributed by atoms with van der Waals surface area (Å²) in [7, 11) is -3.78. The van der Waals surface area contributed by atoms with E-state index in [9.17, 15) is 18.0 Å². The van der Waals surface area contributed by atoms with Gasteiger partial charge in [0.05, 0.1) is 11.9 Å². The molecule has 1 saturated carbocycles. The maximum Gasteiger partial charge on any atom is 0.244 e. The lowest BCUT2D eigenvalue weighted by Crippen LogP contribution is -2.55. The molecule has 0 heterocycles. The number of carbonyl (C=O) groups is 2. The molecule has 40 heavy (non-hydrogen) atoms. The van der Waals surface area contributed by atoms with Gasteiger partial charge in [0, 0.05) is 19.0 Å². The van der Waals surface area contributed by atoms with Crippen molar-refractivity contribution in [3.05, 3.63) is 102 Å². The minimum absolute atomic E-state index is 0.0769. The first-order chi connectivity index (χ1) is 19.2. The standard InChI is InChI=1S/C32H39N3O4S/c1-25-13-12-20-29(21-25)35(40(2,38)39)24-31(36)34(23-27-16-8-4-9-17-27)30(22-26-14-6-3-7-15-26)32(37)33-28-18-10-5-11-19-28/h3-4,6-9,12-17,20-21,28,30H,5,10-11,18-19,22-24H2,1-2H3,(H,33,37). The molecule has 1 aliphatic rings. The van der Waals surface area contributed by atoms with Gasteiger partial charge < -0.3 is 10.2 Å². The van der Waals surface area contributed by atoms with Gasteiger partial charge in [0.2, 0.25) is 21.8 Å². The van der Waals surface area contributed by atoms with E-state index in [2.05, 4.69) is 5.32 Å². The van der Waals surface area contributed by atoms with Gasteiger partial charge in [0.25, 0.3) is 0 Å². The van der Waals surface area contributed by atoms with Gasteiger partial charge in [-0.05, 0) is 48.6 Å². The fraction of sp³-hybridized carbons (Fsp3) is 0.375. The Labute approximate surface area is 238 Å². The number of hydrogen-bond acceptors (Lipinski definition) is 4. The highest BCUT2D eigenvalue weighted by molar-refractivity contribution is 7.92. The minimum atomic E-state index is -3.78. The number of nitrogens with one attached hydrogen (secondary N) is 1. The largest absolute Gasteiger partial charge is 0.352 e. The van der Waals surface area contributed by atoms with Crippen LogP contribution < -0.4 is 9.62 Å². The number of benzene rings is 3. The molecule has 3 aromatic carbocycles. The van der Waals surface area contributed by atoms with Crippen LogP contribution in [0.3, 0.4) is 0 Å². The Hall–Kier alpha value is -3.65. The molecule has 0 radical (unpaired) electrons. The predicted molar refractivity (Wildman–Crippen MR) is 159 cm³/mol. The van der Waals surface area contributed by atoms with Crippen LogP contribution in [0.2, 0.25) is 0 Å². The summed E-state index contributed by atoms with van der Waals surface area (Å²) in [6.45, 7) is 1.65. The third kappa shape index (κ3) is 8.18. The van der Waals surface area contributed by atoms with E-state index in [1.807, 2.05) is 73.7 Å². The van der Waals surface area contributed by atoms with Crippen LogP contribution in [0.1, 0.15) is 48.8 Å². The molecule has 0 bridgehead atoms. The third-order valence-corrected chi connectivity index (χ3v) is 8.53. The lowest BCUT2D eigenvalue weighted by Gasteiger charge is -2.35. The highest BCUT2D eigenvalue weighted by atomic mass is 32.2. The van der Waals surface area contributed by atoms with Crippen LogP contribution in [0.5, 0.6) is 0 Å². The maximum absolute atomic E-state index is 14.1. The maximum atomic E-state index is 14.1. The van der Waals surface area contributed by atoms with Crippen LogP contribution in [0.15, 0.2) is 84.9 Å². The van der Waals surface area contributed by atoms with Crippen molar-refractivity contribution < 1.29 is 18.0 Å². The zero-order chi connectivity index (χ0) is 28.5. The highest BCUT2D eigenvalue weighted by Gasteiger charge is 2.34. The molecule has 1 N–H and O–H groups in total. The van der Waals surface area contributed by atoms with E-state index in [1.165, 1.54) is 6.42 Å². The molecule has 0 aliphatic heterocycles. The summed E-state index contributed by atoms with van der Waals surface area (Å²) in [5.74, 6) is -0.642. The van der Waals surface area contributed by atoms with E-state index in [0.29, 0.717) is 12.1 Å². The van der Waals surface area contributed by atoms with Gasteiger partial charge in [-0.3, -0.25) is 13.9 Å². The summed E-state index contributed by atoms with van der Waals surface area (Å²) in [6.07, 6.45) is 6.57. The monoisotopic (exact) mass is 561 g/mol. The lowest BCUT2D eigenvalue weighted by atomic mass is 9.94. The minimum Gasteiger partial charge on any atom is -0.352 e. The van der Waals surface area contributed by atoms with E-state index >= 15 is 0 Å². The topological polar surface area (TPSA) is 86.8 Å². The molecule has 212 valence electrons. The second-order valence-corrected chi connectivity index (χ2v) is 12.6.